The van der Waals surface area contributed by atoms with Crippen molar-refractivity contribution in [3.05, 3.63) is 237 Å². The molecule has 0 saturated heterocycles. The third-order valence-electron chi connectivity index (χ3n) is 12.9. The molecule has 6 heteroatoms. The van der Waals surface area contributed by atoms with Crippen LogP contribution in [0.5, 0.6) is 0 Å². The van der Waals surface area contributed by atoms with Crippen LogP contribution in [0.2, 0.25) is 0 Å². The molecule has 0 spiro atoms. The van der Waals surface area contributed by atoms with Gasteiger partial charge in [-0.15, -0.1) is 11.3 Å². The normalized spacial score (nSPS) is 11.5. The summed E-state index contributed by atoms with van der Waals surface area (Å²) in [5.41, 5.74) is 14.6. The standard InChI is InChI=1S/C62H39N5S/c1-6-19-40(20-7-1)47-34-33-44(35-50(47)41-21-8-2-9-22-41)45-36-53(62-65-60(42-23-10-3-11-24-42)64-61(66-62)43-25-12-4-13-26-43)59(63-39-45)49-30-18-32-56-58(49)52-37-51-48-29-16-17-31-54(48)67(46-27-14-5-15-28-46)55(51)38-57(52)68-56/h1-39H. The molecule has 0 aliphatic carbocycles. The van der Waals surface area contributed by atoms with Crippen molar-refractivity contribution >= 4 is 53.3 Å². The lowest BCUT2D eigenvalue weighted by molar-refractivity contribution is 1.07. The molecule has 0 aliphatic heterocycles. The topological polar surface area (TPSA) is 56.5 Å². The van der Waals surface area contributed by atoms with Crippen LogP contribution in [-0.4, -0.2) is 24.5 Å². The number of aromatic nitrogens is 5. The van der Waals surface area contributed by atoms with Crippen LogP contribution in [0.1, 0.15) is 0 Å². The molecule has 4 aromatic heterocycles. The summed E-state index contributed by atoms with van der Waals surface area (Å²) in [5, 5.41) is 4.77. The first-order chi connectivity index (χ1) is 33.7. The zero-order valence-corrected chi connectivity index (χ0v) is 37.5. The fourth-order valence-corrected chi connectivity index (χ4v) is 10.9. The van der Waals surface area contributed by atoms with Gasteiger partial charge in [-0.1, -0.05) is 182 Å². The highest BCUT2D eigenvalue weighted by Gasteiger charge is 2.23. The molecule has 0 aliphatic rings. The predicted octanol–water partition coefficient (Wildman–Crippen LogP) is 16.4. The van der Waals surface area contributed by atoms with Crippen LogP contribution in [0.15, 0.2) is 237 Å². The van der Waals surface area contributed by atoms with Crippen LogP contribution >= 0.6 is 11.3 Å². The first kappa shape index (κ1) is 39.5. The number of hydrogen-bond donors (Lipinski definition) is 0. The van der Waals surface area contributed by atoms with Crippen molar-refractivity contribution in [2.24, 2.45) is 0 Å². The third kappa shape index (κ3) is 6.86. The second kappa shape index (κ2) is 16.5. The van der Waals surface area contributed by atoms with Gasteiger partial charge in [0.2, 0.25) is 0 Å². The van der Waals surface area contributed by atoms with Crippen LogP contribution < -0.4 is 0 Å². The van der Waals surface area contributed by atoms with E-state index in [1.165, 1.54) is 42.2 Å². The fraction of sp³-hybridized carbons (Fsp3) is 0. The summed E-state index contributed by atoms with van der Waals surface area (Å²) in [5.74, 6) is 1.75. The van der Waals surface area contributed by atoms with Crippen molar-refractivity contribution in [1.29, 1.82) is 0 Å². The minimum absolute atomic E-state index is 0.552. The Balaban J connectivity index is 1.07. The second-order valence-corrected chi connectivity index (χ2v) is 18.1. The second-order valence-electron chi connectivity index (χ2n) is 17.0. The van der Waals surface area contributed by atoms with Crippen molar-refractivity contribution < 1.29 is 0 Å². The molecular weight excluding hydrogens is 847 g/mol. The van der Waals surface area contributed by atoms with Crippen molar-refractivity contribution in [3.8, 4) is 84.5 Å². The van der Waals surface area contributed by atoms with Crippen LogP contribution in [0.25, 0.3) is 126 Å². The predicted molar refractivity (Wildman–Crippen MR) is 283 cm³/mol. The smallest absolute Gasteiger partial charge is 0.166 e. The van der Waals surface area contributed by atoms with E-state index in [9.17, 15) is 0 Å². The highest BCUT2D eigenvalue weighted by molar-refractivity contribution is 7.26. The van der Waals surface area contributed by atoms with Gasteiger partial charge in [-0.05, 0) is 76.3 Å². The maximum Gasteiger partial charge on any atom is 0.166 e. The molecule has 0 saturated carbocycles. The molecule has 13 rings (SSSR count). The molecule has 13 aromatic rings. The van der Waals surface area contributed by atoms with E-state index in [-0.39, 0.29) is 0 Å². The van der Waals surface area contributed by atoms with Crippen LogP contribution in [0.4, 0.5) is 0 Å². The van der Waals surface area contributed by atoms with Crippen molar-refractivity contribution in [1.82, 2.24) is 24.5 Å². The number of nitrogens with zero attached hydrogens (tertiary/aromatic N) is 5. The summed E-state index contributed by atoms with van der Waals surface area (Å²) in [7, 11) is 0. The Hall–Kier alpha value is -8.84. The Morgan fingerprint density at radius 2 is 0.897 bits per heavy atom. The largest absolute Gasteiger partial charge is 0.309 e. The number of para-hydroxylation sites is 2. The average Bonchev–Trinajstić information content (AvgIpc) is 3.95. The maximum absolute atomic E-state index is 5.48. The molecule has 68 heavy (non-hydrogen) atoms. The van der Waals surface area contributed by atoms with Crippen LogP contribution in [0.3, 0.4) is 0 Å². The van der Waals surface area contributed by atoms with Crippen molar-refractivity contribution in [2.45, 2.75) is 0 Å². The highest BCUT2D eigenvalue weighted by Crippen LogP contribution is 2.46. The van der Waals surface area contributed by atoms with E-state index >= 15 is 0 Å². The number of pyridine rings is 1. The highest BCUT2D eigenvalue weighted by atomic mass is 32.1. The Morgan fingerprint density at radius 1 is 0.324 bits per heavy atom. The molecule has 318 valence electrons. The summed E-state index contributed by atoms with van der Waals surface area (Å²) in [4.78, 5) is 21.2. The molecule has 0 fully saturated rings. The number of fused-ring (bicyclic) bond motifs is 6. The first-order valence-corrected chi connectivity index (χ1v) is 23.6. The molecule has 0 N–H and O–H groups in total. The number of benzene rings is 9. The van der Waals surface area contributed by atoms with E-state index < -0.39 is 0 Å². The molecular formula is C62H39N5S. The summed E-state index contributed by atoms with van der Waals surface area (Å²) in [6, 6.07) is 81.2. The monoisotopic (exact) mass is 885 g/mol. The lowest BCUT2D eigenvalue weighted by Crippen LogP contribution is -2.02. The minimum Gasteiger partial charge on any atom is -0.309 e. The van der Waals surface area contributed by atoms with E-state index in [1.54, 1.807) is 0 Å². The Bertz CT molecular complexity index is 3940. The van der Waals surface area contributed by atoms with E-state index in [0.29, 0.717) is 17.5 Å². The van der Waals surface area contributed by atoms with Gasteiger partial charge in [0.1, 0.15) is 0 Å². The Kier molecular flexibility index (Phi) is 9.62. The molecule has 0 unspecified atom stereocenters. The van der Waals surface area contributed by atoms with E-state index in [0.717, 1.165) is 66.8 Å². The summed E-state index contributed by atoms with van der Waals surface area (Å²) < 4.78 is 4.79. The van der Waals surface area contributed by atoms with Gasteiger partial charge in [-0.3, -0.25) is 4.98 Å². The van der Waals surface area contributed by atoms with Gasteiger partial charge in [0.15, 0.2) is 17.5 Å². The summed E-state index contributed by atoms with van der Waals surface area (Å²) in [6.07, 6.45) is 2.02. The van der Waals surface area contributed by atoms with E-state index in [1.807, 2.05) is 53.9 Å². The number of hydrogen-bond acceptors (Lipinski definition) is 5. The van der Waals surface area contributed by atoms with E-state index in [2.05, 4.69) is 199 Å². The fourth-order valence-electron chi connectivity index (χ4n) is 9.73. The molecule has 4 heterocycles. The maximum atomic E-state index is 5.48. The summed E-state index contributed by atoms with van der Waals surface area (Å²) >= 11 is 1.82. The summed E-state index contributed by atoms with van der Waals surface area (Å²) in [6.45, 7) is 0. The first-order valence-electron chi connectivity index (χ1n) is 22.8. The Morgan fingerprint density at radius 3 is 1.57 bits per heavy atom. The van der Waals surface area contributed by atoms with Gasteiger partial charge in [0, 0.05) is 70.6 Å². The molecule has 0 amide bonds. The van der Waals surface area contributed by atoms with Crippen LogP contribution in [-0.2, 0) is 0 Å². The molecule has 9 aromatic carbocycles. The number of rotatable bonds is 8. The van der Waals surface area contributed by atoms with Gasteiger partial charge in [0.05, 0.1) is 16.7 Å². The number of thiophene rings is 1. The van der Waals surface area contributed by atoms with Gasteiger partial charge in [0.25, 0.3) is 0 Å². The van der Waals surface area contributed by atoms with Gasteiger partial charge < -0.3 is 4.57 Å². The SMILES string of the molecule is c1ccc(-c2nc(-c3ccccc3)nc(-c3cc(-c4ccc(-c5ccccc5)c(-c5ccccc5)c4)cnc3-c3cccc4sc5cc6c(cc5c34)c3ccccc3n6-c3ccccc3)n2)cc1. The van der Waals surface area contributed by atoms with Crippen molar-refractivity contribution in [2.75, 3.05) is 0 Å². The van der Waals surface area contributed by atoms with E-state index in [4.69, 9.17) is 19.9 Å². The molecule has 0 atom stereocenters. The van der Waals surface area contributed by atoms with Crippen LogP contribution in [0, 0.1) is 0 Å². The molecule has 0 radical (unpaired) electrons. The average molecular weight is 886 g/mol. The quantitative estimate of drug-likeness (QED) is 0.153. The van der Waals surface area contributed by atoms with Gasteiger partial charge in [-0.25, -0.2) is 15.0 Å². The third-order valence-corrected chi connectivity index (χ3v) is 14.0. The lowest BCUT2D eigenvalue weighted by Gasteiger charge is -2.16. The lowest BCUT2D eigenvalue weighted by atomic mass is 9.90. The molecule has 5 nitrogen and oxygen atoms in total. The zero-order valence-electron chi connectivity index (χ0n) is 36.7. The van der Waals surface area contributed by atoms with Gasteiger partial charge >= 0.3 is 0 Å². The van der Waals surface area contributed by atoms with Crippen molar-refractivity contribution in [3.63, 3.8) is 0 Å². The Labute approximate surface area is 397 Å². The minimum atomic E-state index is 0.552. The molecule has 0 bridgehead atoms. The van der Waals surface area contributed by atoms with Gasteiger partial charge in [-0.2, -0.15) is 0 Å². The zero-order chi connectivity index (χ0) is 45.0.